The summed E-state index contributed by atoms with van der Waals surface area (Å²) in [6.07, 6.45) is 6.07. The van der Waals surface area contributed by atoms with Gasteiger partial charge in [0.15, 0.2) is 5.69 Å². The SMILES string of the molecule is C[C@]12CN(C(=O)c3cn(-c4ccc5c(c4)C(=O)N(C4CCC(=O)NC4=O)C5)nn3)C[C@H]1[C@H]1CC[C@@H]2C1. The largest absolute Gasteiger partial charge is 0.336 e. The third-order valence-electron chi connectivity index (χ3n) is 9.55. The van der Waals surface area contributed by atoms with Crippen molar-refractivity contribution in [2.45, 2.75) is 51.6 Å². The van der Waals surface area contributed by atoms with Crippen LogP contribution < -0.4 is 5.32 Å². The Hall–Kier alpha value is -3.56. The molecule has 1 aromatic carbocycles. The molecule has 5 aliphatic rings. The first kappa shape index (κ1) is 21.7. The minimum absolute atomic E-state index is 0.0856. The molecule has 10 heteroatoms. The van der Waals surface area contributed by atoms with Crippen LogP contribution in [0.3, 0.4) is 0 Å². The zero-order valence-corrected chi connectivity index (χ0v) is 20.1. The number of hydrogen-bond donors (Lipinski definition) is 1. The number of piperidine rings is 1. The summed E-state index contributed by atoms with van der Waals surface area (Å²) in [6, 6.07) is 4.75. The molecule has 4 fully saturated rings. The van der Waals surface area contributed by atoms with Crippen molar-refractivity contribution in [2.24, 2.45) is 23.2 Å². The summed E-state index contributed by atoms with van der Waals surface area (Å²) in [7, 11) is 0. The molecule has 3 aliphatic heterocycles. The Morgan fingerprint density at radius 2 is 2.03 bits per heavy atom. The summed E-state index contributed by atoms with van der Waals surface area (Å²) in [4.78, 5) is 53.7. The number of rotatable bonds is 3. The fraction of sp³-hybridized carbons (Fsp3) is 0.538. The Kier molecular flexibility index (Phi) is 4.50. The lowest BCUT2D eigenvalue weighted by Gasteiger charge is -2.34. The molecule has 2 aromatic rings. The maximum Gasteiger partial charge on any atom is 0.276 e. The Balaban J connectivity index is 1.09. The Morgan fingerprint density at radius 1 is 1.17 bits per heavy atom. The number of hydrogen-bond acceptors (Lipinski definition) is 6. The molecule has 2 saturated heterocycles. The summed E-state index contributed by atoms with van der Waals surface area (Å²) in [5, 5.41) is 10.7. The van der Waals surface area contributed by atoms with Crippen molar-refractivity contribution in [1.82, 2.24) is 30.1 Å². The van der Waals surface area contributed by atoms with Crippen LogP contribution in [-0.2, 0) is 16.1 Å². The fourth-order valence-corrected chi connectivity index (χ4v) is 7.63. The summed E-state index contributed by atoms with van der Waals surface area (Å²) < 4.78 is 1.53. The van der Waals surface area contributed by atoms with Crippen molar-refractivity contribution in [3.05, 3.63) is 41.2 Å². The van der Waals surface area contributed by atoms with Crippen LogP contribution in [0, 0.1) is 23.2 Å². The average Bonchev–Trinajstić information content (AvgIpc) is 3.66. The molecular formula is C26H28N6O4. The molecule has 10 nitrogen and oxygen atoms in total. The van der Waals surface area contributed by atoms with E-state index in [0.29, 0.717) is 35.8 Å². The van der Waals surface area contributed by atoms with Gasteiger partial charge in [-0.15, -0.1) is 5.10 Å². The Labute approximate surface area is 208 Å². The molecule has 186 valence electrons. The highest BCUT2D eigenvalue weighted by atomic mass is 16.2. The van der Waals surface area contributed by atoms with E-state index in [1.807, 2.05) is 17.0 Å². The van der Waals surface area contributed by atoms with Crippen molar-refractivity contribution >= 4 is 23.6 Å². The third-order valence-corrected chi connectivity index (χ3v) is 9.55. The average molecular weight is 489 g/mol. The molecule has 2 bridgehead atoms. The molecule has 0 radical (unpaired) electrons. The molecule has 4 amide bonds. The van der Waals surface area contributed by atoms with Crippen LogP contribution in [0.15, 0.2) is 24.4 Å². The van der Waals surface area contributed by atoms with Gasteiger partial charge in [0, 0.05) is 31.6 Å². The maximum atomic E-state index is 13.3. The van der Waals surface area contributed by atoms with E-state index in [-0.39, 0.29) is 29.6 Å². The van der Waals surface area contributed by atoms with E-state index in [1.54, 1.807) is 12.3 Å². The Morgan fingerprint density at radius 3 is 2.83 bits per heavy atom. The zero-order valence-electron chi connectivity index (χ0n) is 20.1. The van der Waals surface area contributed by atoms with Gasteiger partial charge in [-0.05, 0) is 66.5 Å². The second kappa shape index (κ2) is 7.47. The number of nitrogens with one attached hydrogen (secondary N) is 1. The van der Waals surface area contributed by atoms with Gasteiger partial charge in [0.25, 0.3) is 11.8 Å². The molecule has 5 atom stereocenters. The minimum Gasteiger partial charge on any atom is -0.336 e. The van der Waals surface area contributed by atoms with E-state index >= 15 is 0 Å². The lowest BCUT2D eigenvalue weighted by Crippen LogP contribution is -2.52. The van der Waals surface area contributed by atoms with E-state index in [1.165, 1.54) is 28.8 Å². The predicted molar refractivity (Wildman–Crippen MR) is 126 cm³/mol. The first-order valence-corrected chi connectivity index (χ1v) is 12.8. The van der Waals surface area contributed by atoms with Gasteiger partial charge in [-0.25, -0.2) is 4.68 Å². The number of carbonyl (C=O) groups excluding carboxylic acids is 4. The van der Waals surface area contributed by atoms with Crippen molar-refractivity contribution in [3.8, 4) is 5.69 Å². The molecular weight excluding hydrogens is 460 g/mol. The molecule has 0 spiro atoms. The van der Waals surface area contributed by atoms with E-state index in [4.69, 9.17) is 0 Å². The maximum absolute atomic E-state index is 13.3. The van der Waals surface area contributed by atoms with Crippen molar-refractivity contribution in [1.29, 1.82) is 0 Å². The first-order valence-electron chi connectivity index (χ1n) is 12.8. The molecule has 1 N–H and O–H groups in total. The normalized spacial score (nSPS) is 32.8. The van der Waals surface area contributed by atoms with Crippen LogP contribution >= 0.6 is 0 Å². The number of amides is 4. The molecule has 7 rings (SSSR count). The summed E-state index contributed by atoms with van der Waals surface area (Å²) >= 11 is 0. The predicted octanol–water partition coefficient (Wildman–Crippen LogP) is 1.54. The number of benzene rings is 1. The first-order chi connectivity index (χ1) is 17.3. The number of fused-ring (bicyclic) bond motifs is 6. The fourth-order valence-electron chi connectivity index (χ4n) is 7.63. The van der Waals surface area contributed by atoms with E-state index in [9.17, 15) is 19.2 Å². The minimum atomic E-state index is -0.654. The molecule has 1 aromatic heterocycles. The lowest BCUT2D eigenvalue weighted by atomic mass is 9.70. The molecule has 4 heterocycles. The van der Waals surface area contributed by atoms with E-state index in [2.05, 4.69) is 22.6 Å². The standard InChI is InChI=1S/C26H28N6O4/c1-26-13-30(11-19(26)14-2-4-16(26)8-14)25(36)20-12-32(29-28-20)17-5-3-15-10-31(24(35)18(15)9-17)21-6-7-22(33)27-23(21)34/h3,5,9,12,14,16,19,21H,2,4,6-8,10-11,13H2,1H3,(H,27,33,34)/t14-,16+,19-,21?,26+/m0/s1. The topological polar surface area (TPSA) is 118 Å². The molecule has 36 heavy (non-hydrogen) atoms. The van der Waals surface area contributed by atoms with Gasteiger partial charge in [-0.3, -0.25) is 24.5 Å². The monoisotopic (exact) mass is 488 g/mol. The van der Waals surface area contributed by atoms with Gasteiger partial charge in [-0.1, -0.05) is 18.2 Å². The van der Waals surface area contributed by atoms with Crippen LogP contribution in [0.1, 0.15) is 65.4 Å². The van der Waals surface area contributed by atoms with Crippen LogP contribution in [0.2, 0.25) is 0 Å². The second-order valence-electron chi connectivity index (χ2n) is 11.4. The quantitative estimate of drug-likeness (QED) is 0.655. The van der Waals surface area contributed by atoms with Gasteiger partial charge in [0.1, 0.15) is 6.04 Å². The van der Waals surface area contributed by atoms with Gasteiger partial charge in [0.2, 0.25) is 11.8 Å². The van der Waals surface area contributed by atoms with E-state index < -0.39 is 11.9 Å². The number of carbonyl (C=O) groups is 4. The number of imide groups is 1. The number of nitrogens with zero attached hydrogens (tertiary/aromatic N) is 5. The molecule has 2 saturated carbocycles. The van der Waals surface area contributed by atoms with E-state index in [0.717, 1.165) is 30.5 Å². The van der Waals surface area contributed by atoms with Gasteiger partial charge in [-0.2, -0.15) is 0 Å². The zero-order chi connectivity index (χ0) is 24.8. The summed E-state index contributed by atoms with van der Waals surface area (Å²) in [5.41, 5.74) is 2.47. The van der Waals surface area contributed by atoms with Crippen molar-refractivity contribution in [3.63, 3.8) is 0 Å². The van der Waals surface area contributed by atoms with Crippen LogP contribution in [0.4, 0.5) is 0 Å². The van der Waals surface area contributed by atoms with Crippen LogP contribution in [0.25, 0.3) is 5.69 Å². The summed E-state index contributed by atoms with van der Waals surface area (Å²) in [5.74, 6) is 0.992. The highest BCUT2D eigenvalue weighted by Gasteiger charge is 2.60. The Bertz CT molecular complexity index is 1340. The molecule has 1 unspecified atom stereocenters. The highest BCUT2D eigenvalue weighted by molar-refractivity contribution is 6.05. The number of likely N-dealkylation sites (tertiary alicyclic amines) is 1. The third kappa shape index (κ3) is 3.02. The second-order valence-corrected chi connectivity index (χ2v) is 11.4. The van der Waals surface area contributed by atoms with Crippen molar-refractivity contribution in [2.75, 3.05) is 13.1 Å². The van der Waals surface area contributed by atoms with Gasteiger partial charge in [0.05, 0.1) is 11.9 Å². The highest BCUT2D eigenvalue weighted by Crippen LogP contribution is 2.62. The van der Waals surface area contributed by atoms with Crippen LogP contribution in [-0.4, -0.2) is 67.6 Å². The van der Waals surface area contributed by atoms with Crippen molar-refractivity contribution < 1.29 is 19.2 Å². The van der Waals surface area contributed by atoms with Gasteiger partial charge >= 0.3 is 0 Å². The van der Waals surface area contributed by atoms with Gasteiger partial charge < -0.3 is 9.80 Å². The smallest absolute Gasteiger partial charge is 0.276 e. The number of aromatic nitrogens is 3. The molecule has 2 aliphatic carbocycles. The summed E-state index contributed by atoms with van der Waals surface area (Å²) in [6.45, 7) is 4.25. The van der Waals surface area contributed by atoms with Crippen LogP contribution in [0.5, 0.6) is 0 Å². The lowest BCUT2D eigenvalue weighted by molar-refractivity contribution is -0.136.